The summed E-state index contributed by atoms with van der Waals surface area (Å²) < 4.78 is 41.5. The Hall–Kier alpha value is -3.80. The Kier molecular flexibility index (Phi) is 6.68. The maximum atomic E-state index is 15.7. The Labute approximate surface area is 220 Å². The number of anilines is 1. The van der Waals surface area contributed by atoms with Crippen molar-refractivity contribution in [3.05, 3.63) is 47.5 Å². The SMILES string of the molecule is Cc1cc2cc(n1)-c1cnn(C)c1OCCC[C@@H](C)Cn1c(nc3ccc(N=S(C)(C)=O)c(F)c31)NC2=O. The maximum absolute atomic E-state index is 15.7. The molecule has 0 saturated carbocycles. The number of imidazole rings is 1. The number of ether oxygens (including phenoxy) is 1. The molecule has 200 valence electrons. The normalized spacial score (nSPS) is 16.6. The lowest BCUT2D eigenvalue weighted by Crippen LogP contribution is -2.18. The third-order valence-corrected chi connectivity index (χ3v) is 6.96. The van der Waals surface area contributed by atoms with Gasteiger partial charge >= 0.3 is 0 Å². The molecule has 0 fully saturated rings. The summed E-state index contributed by atoms with van der Waals surface area (Å²) >= 11 is 0. The molecule has 4 heterocycles. The third kappa shape index (κ3) is 5.13. The smallest absolute Gasteiger partial charge is 0.258 e. The first-order valence-electron chi connectivity index (χ1n) is 12.3. The van der Waals surface area contributed by atoms with Gasteiger partial charge in [-0.1, -0.05) is 6.92 Å². The molecule has 1 aromatic carbocycles. The van der Waals surface area contributed by atoms with Gasteiger partial charge in [-0.2, -0.15) is 9.46 Å². The number of halogens is 1. The molecule has 4 aromatic rings. The van der Waals surface area contributed by atoms with E-state index in [0.717, 1.165) is 12.8 Å². The van der Waals surface area contributed by atoms with Crippen molar-refractivity contribution in [3.63, 3.8) is 0 Å². The van der Waals surface area contributed by atoms with Gasteiger partial charge in [-0.05, 0) is 49.9 Å². The van der Waals surface area contributed by atoms with Crippen LogP contribution in [0.1, 0.15) is 35.8 Å². The minimum absolute atomic E-state index is 0.000699. The average molecular weight is 540 g/mol. The summed E-state index contributed by atoms with van der Waals surface area (Å²) in [6.07, 6.45) is 6.12. The summed E-state index contributed by atoms with van der Waals surface area (Å²) in [5.74, 6) is -0.110. The molecular weight excluding hydrogens is 509 g/mol. The zero-order valence-corrected chi connectivity index (χ0v) is 22.8. The minimum atomic E-state index is -2.58. The van der Waals surface area contributed by atoms with Gasteiger partial charge in [-0.25, -0.2) is 18.3 Å². The quantitative estimate of drug-likeness (QED) is 0.375. The molecule has 0 unspecified atom stereocenters. The minimum Gasteiger partial charge on any atom is -0.477 e. The van der Waals surface area contributed by atoms with Gasteiger partial charge in [0.25, 0.3) is 5.91 Å². The van der Waals surface area contributed by atoms with E-state index in [1.807, 2.05) is 6.92 Å². The Bertz CT molecular complexity index is 1680. The highest BCUT2D eigenvalue weighted by Crippen LogP contribution is 2.33. The molecule has 1 N–H and O–H groups in total. The molecule has 1 amide bonds. The first kappa shape index (κ1) is 25.8. The molecule has 1 aliphatic rings. The van der Waals surface area contributed by atoms with E-state index in [-0.39, 0.29) is 23.1 Å². The first-order chi connectivity index (χ1) is 18.0. The van der Waals surface area contributed by atoms with E-state index in [1.54, 1.807) is 40.7 Å². The van der Waals surface area contributed by atoms with Crippen LogP contribution in [0, 0.1) is 18.7 Å². The summed E-state index contributed by atoms with van der Waals surface area (Å²) in [6, 6.07) is 6.45. The fourth-order valence-electron chi connectivity index (χ4n) is 4.64. The number of aryl methyl sites for hydroxylation is 2. The number of carbonyl (C=O) groups is 1. The molecule has 5 rings (SSSR count). The van der Waals surface area contributed by atoms with Crippen molar-refractivity contribution in [2.24, 2.45) is 17.3 Å². The Morgan fingerprint density at radius 2 is 2.03 bits per heavy atom. The lowest BCUT2D eigenvalue weighted by Gasteiger charge is -2.16. The van der Waals surface area contributed by atoms with E-state index in [9.17, 15) is 9.00 Å². The lowest BCUT2D eigenvalue weighted by molar-refractivity contribution is 0.102. The molecule has 1 aliphatic heterocycles. The van der Waals surface area contributed by atoms with Crippen LogP contribution in [0.4, 0.5) is 16.0 Å². The summed E-state index contributed by atoms with van der Waals surface area (Å²) in [5.41, 5.74) is 2.86. The summed E-state index contributed by atoms with van der Waals surface area (Å²) in [4.78, 5) is 22.6. The van der Waals surface area contributed by atoms with Gasteiger partial charge in [0, 0.05) is 47.1 Å². The predicted molar refractivity (Wildman–Crippen MR) is 145 cm³/mol. The average Bonchev–Trinajstić information content (AvgIpc) is 3.37. The third-order valence-electron chi connectivity index (χ3n) is 6.32. The van der Waals surface area contributed by atoms with Gasteiger partial charge in [0.2, 0.25) is 11.8 Å². The van der Waals surface area contributed by atoms with Crippen LogP contribution in [0.15, 0.2) is 34.8 Å². The Morgan fingerprint density at radius 3 is 2.79 bits per heavy atom. The van der Waals surface area contributed by atoms with E-state index in [0.29, 0.717) is 47.1 Å². The van der Waals surface area contributed by atoms with Crippen LogP contribution in [0.5, 0.6) is 5.88 Å². The number of nitrogens with one attached hydrogen (secondary N) is 1. The number of hydrogen-bond donors (Lipinski definition) is 1. The van der Waals surface area contributed by atoms with Gasteiger partial charge < -0.3 is 9.30 Å². The van der Waals surface area contributed by atoms with Crippen LogP contribution in [0.3, 0.4) is 0 Å². The molecule has 2 bridgehead atoms. The molecule has 38 heavy (non-hydrogen) atoms. The van der Waals surface area contributed by atoms with E-state index in [1.165, 1.54) is 18.6 Å². The zero-order chi connectivity index (χ0) is 27.2. The van der Waals surface area contributed by atoms with Crippen LogP contribution in [-0.2, 0) is 23.3 Å². The summed E-state index contributed by atoms with van der Waals surface area (Å²) in [6.45, 7) is 4.72. The van der Waals surface area contributed by atoms with Crippen molar-refractivity contribution in [2.45, 2.75) is 33.2 Å². The molecule has 0 saturated heterocycles. The topological polar surface area (TPSA) is 116 Å². The Balaban J connectivity index is 1.65. The molecule has 0 spiro atoms. The number of aromatic nitrogens is 5. The largest absolute Gasteiger partial charge is 0.477 e. The zero-order valence-electron chi connectivity index (χ0n) is 22.0. The second kappa shape index (κ2) is 9.82. The van der Waals surface area contributed by atoms with Gasteiger partial charge in [0.1, 0.15) is 11.2 Å². The number of rotatable bonds is 1. The van der Waals surface area contributed by atoms with Gasteiger partial charge in [0.15, 0.2) is 5.82 Å². The van der Waals surface area contributed by atoms with Crippen molar-refractivity contribution >= 4 is 38.3 Å². The number of pyridine rings is 1. The predicted octanol–water partition coefficient (Wildman–Crippen LogP) is 4.70. The molecule has 12 heteroatoms. The lowest BCUT2D eigenvalue weighted by atomic mass is 10.1. The number of benzene rings is 1. The molecule has 1 atom stereocenters. The second-order valence-electron chi connectivity index (χ2n) is 10.0. The number of nitrogens with zero attached hydrogens (tertiary/aromatic N) is 6. The molecule has 0 radical (unpaired) electrons. The highest BCUT2D eigenvalue weighted by Gasteiger charge is 2.23. The first-order valence-corrected chi connectivity index (χ1v) is 14.6. The molecule has 10 nitrogen and oxygen atoms in total. The van der Waals surface area contributed by atoms with E-state index < -0.39 is 21.5 Å². The molecule has 0 aliphatic carbocycles. The van der Waals surface area contributed by atoms with E-state index >= 15 is 4.39 Å². The fourth-order valence-corrected chi connectivity index (χ4v) is 5.25. The van der Waals surface area contributed by atoms with Crippen LogP contribution in [-0.4, -0.2) is 53.6 Å². The standard InChI is InChI=1S/C26H30FN7O3S/c1-15-7-6-10-37-25-18(13-28-33(25)3)21-12-17(11-16(2)29-21)24(35)31-26-30-20-9-8-19(32-38(4,5)36)22(27)23(20)34(26)14-15/h8-9,11-13,15H,6-7,10,14H2,1-5H3,(H,30,31,35)/t15-/m1/s1. The number of fused-ring (bicyclic) bond motifs is 7. The summed E-state index contributed by atoms with van der Waals surface area (Å²) in [5, 5.41) is 7.21. The highest BCUT2D eigenvalue weighted by atomic mass is 32.2. The van der Waals surface area contributed by atoms with Crippen molar-refractivity contribution < 1.29 is 18.1 Å². The number of hydrogen-bond acceptors (Lipinski definition) is 7. The van der Waals surface area contributed by atoms with Crippen molar-refractivity contribution in [1.82, 2.24) is 24.3 Å². The number of carbonyl (C=O) groups excluding carboxylic acids is 1. The van der Waals surface area contributed by atoms with E-state index in [2.05, 4.69) is 31.7 Å². The van der Waals surface area contributed by atoms with Crippen LogP contribution >= 0.6 is 0 Å². The van der Waals surface area contributed by atoms with E-state index in [4.69, 9.17) is 4.74 Å². The van der Waals surface area contributed by atoms with Crippen molar-refractivity contribution in [3.8, 4) is 17.1 Å². The van der Waals surface area contributed by atoms with Gasteiger partial charge in [0.05, 0.1) is 29.6 Å². The fraction of sp³-hybridized carbons (Fsp3) is 0.385. The van der Waals surface area contributed by atoms with Crippen LogP contribution < -0.4 is 10.1 Å². The van der Waals surface area contributed by atoms with Crippen molar-refractivity contribution in [1.29, 1.82) is 0 Å². The van der Waals surface area contributed by atoms with Crippen molar-refractivity contribution in [2.75, 3.05) is 24.4 Å². The second-order valence-corrected chi connectivity index (χ2v) is 12.5. The van der Waals surface area contributed by atoms with Crippen LogP contribution in [0.25, 0.3) is 22.3 Å². The van der Waals surface area contributed by atoms with Gasteiger partial charge in [-0.3, -0.25) is 15.1 Å². The number of amides is 1. The maximum Gasteiger partial charge on any atom is 0.258 e. The Morgan fingerprint density at radius 1 is 1.24 bits per heavy atom. The van der Waals surface area contributed by atoms with Crippen LogP contribution in [0.2, 0.25) is 0 Å². The van der Waals surface area contributed by atoms with Gasteiger partial charge in [-0.15, -0.1) is 0 Å². The molecule has 3 aromatic heterocycles. The molecular formula is C26H30FN7O3S. The highest BCUT2D eigenvalue weighted by molar-refractivity contribution is 7.92. The monoisotopic (exact) mass is 539 g/mol. The summed E-state index contributed by atoms with van der Waals surface area (Å²) in [7, 11) is -0.782.